The molecule has 0 saturated carbocycles. The molecule has 1 atom stereocenters. The fourth-order valence-corrected chi connectivity index (χ4v) is 4.57. The number of rotatable bonds is 4. The number of benzene rings is 1. The summed E-state index contributed by atoms with van der Waals surface area (Å²) in [5.74, 6) is 0.635. The summed E-state index contributed by atoms with van der Waals surface area (Å²) in [4.78, 5) is 21.0. The Hall–Kier alpha value is -2.36. The van der Waals surface area contributed by atoms with Gasteiger partial charge in [-0.05, 0) is 68.2 Å². The van der Waals surface area contributed by atoms with Crippen molar-refractivity contribution in [2.45, 2.75) is 28.7 Å². The number of carbonyl (C=O) groups excluding carboxylic acids is 1. The van der Waals surface area contributed by atoms with E-state index >= 15 is 0 Å². The van der Waals surface area contributed by atoms with Crippen molar-refractivity contribution in [1.82, 2.24) is 15.2 Å². The molecule has 5 rings (SSSR count). The van der Waals surface area contributed by atoms with Gasteiger partial charge in [0, 0.05) is 34.1 Å². The van der Waals surface area contributed by atoms with E-state index in [1.807, 2.05) is 36.4 Å². The minimum Gasteiger partial charge on any atom is -0.348 e. The molecule has 3 aliphatic rings. The molecule has 1 aromatic carbocycles. The van der Waals surface area contributed by atoms with Gasteiger partial charge in [0.1, 0.15) is 11.8 Å². The molecule has 4 heterocycles. The van der Waals surface area contributed by atoms with Gasteiger partial charge in [0.15, 0.2) is 0 Å². The fourth-order valence-electron chi connectivity index (χ4n) is 3.73. The van der Waals surface area contributed by atoms with Crippen molar-refractivity contribution < 1.29 is 4.79 Å². The predicted octanol–water partition coefficient (Wildman–Crippen LogP) is 2.93. The molecule has 2 bridgehead atoms. The van der Waals surface area contributed by atoms with Gasteiger partial charge in [-0.25, -0.2) is 4.98 Å². The number of fused-ring (bicyclic) bond motifs is 3. The van der Waals surface area contributed by atoms with Gasteiger partial charge in [0.25, 0.3) is 5.91 Å². The topological polar surface area (TPSA) is 69.0 Å². The van der Waals surface area contributed by atoms with Gasteiger partial charge < -0.3 is 10.2 Å². The van der Waals surface area contributed by atoms with Crippen molar-refractivity contribution in [3.05, 3.63) is 53.9 Å². The molecule has 132 valence electrons. The zero-order valence-corrected chi connectivity index (χ0v) is 15.2. The number of nitrogens with zero attached hydrogens (tertiary/aromatic N) is 3. The van der Waals surface area contributed by atoms with Gasteiger partial charge in [-0.2, -0.15) is 5.26 Å². The number of hydrogen-bond donors (Lipinski definition) is 1. The zero-order valence-electron chi connectivity index (χ0n) is 14.4. The maximum atomic E-state index is 12.6. The van der Waals surface area contributed by atoms with Crippen LogP contribution in [0.1, 0.15) is 28.9 Å². The number of nitrogens with one attached hydrogen (secondary N) is 1. The van der Waals surface area contributed by atoms with Crippen molar-refractivity contribution in [2.75, 3.05) is 19.6 Å². The molecule has 3 aliphatic heterocycles. The van der Waals surface area contributed by atoms with Crippen molar-refractivity contribution in [3.8, 4) is 6.07 Å². The van der Waals surface area contributed by atoms with Gasteiger partial charge in [0.2, 0.25) is 0 Å². The number of nitriles is 1. The maximum Gasteiger partial charge on any atom is 0.251 e. The molecule has 2 aromatic rings. The molecular weight excluding hydrogens is 344 g/mol. The number of hydrogen-bond acceptors (Lipinski definition) is 5. The largest absolute Gasteiger partial charge is 0.348 e. The SMILES string of the molecule is N#Cc1cc(Sc2ccc(C(=O)N[C@H]3CN4CCC3CC4)cc2)ccn1. The monoisotopic (exact) mass is 364 g/mol. The fraction of sp³-hybridized carbons (Fsp3) is 0.350. The Labute approximate surface area is 157 Å². The molecule has 6 heteroatoms. The summed E-state index contributed by atoms with van der Waals surface area (Å²) in [7, 11) is 0. The van der Waals surface area contributed by atoms with Crippen molar-refractivity contribution >= 4 is 17.7 Å². The van der Waals surface area contributed by atoms with Gasteiger partial charge in [-0.3, -0.25) is 4.79 Å². The summed E-state index contributed by atoms with van der Waals surface area (Å²) in [6.45, 7) is 3.32. The third-order valence-electron chi connectivity index (χ3n) is 5.17. The van der Waals surface area contributed by atoms with Crippen LogP contribution in [0.4, 0.5) is 0 Å². The standard InChI is InChI=1S/C20H20N4OS/c21-12-16-11-18(5-8-22-16)26-17-3-1-15(2-4-17)20(25)23-19-13-24-9-6-14(19)7-10-24/h1-5,8,11,14,19H,6-7,9-10,13H2,(H,23,25)/t19-/m0/s1. The summed E-state index contributed by atoms with van der Waals surface area (Å²) in [6.07, 6.45) is 4.02. The van der Waals surface area contributed by atoms with Crippen LogP contribution in [0, 0.1) is 17.2 Å². The molecule has 0 radical (unpaired) electrons. The van der Waals surface area contributed by atoms with Crippen LogP contribution in [0.3, 0.4) is 0 Å². The van der Waals surface area contributed by atoms with Crippen LogP contribution in [0.2, 0.25) is 0 Å². The molecular formula is C20H20N4OS. The van der Waals surface area contributed by atoms with Crippen LogP contribution in [0.15, 0.2) is 52.4 Å². The molecule has 3 saturated heterocycles. The van der Waals surface area contributed by atoms with Crippen molar-refractivity contribution in [1.29, 1.82) is 5.26 Å². The highest BCUT2D eigenvalue weighted by Gasteiger charge is 2.34. The first-order valence-electron chi connectivity index (χ1n) is 8.88. The second kappa shape index (κ2) is 7.48. The van der Waals surface area contributed by atoms with E-state index in [4.69, 9.17) is 5.26 Å². The van der Waals surface area contributed by atoms with Crippen LogP contribution in [0.5, 0.6) is 0 Å². The van der Waals surface area contributed by atoms with Gasteiger partial charge in [-0.1, -0.05) is 11.8 Å². The summed E-state index contributed by atoms with van der Waals surface area (Å²) >= 11 is 1.55. The molecule has 0 aliphatic carbocycles. The Balaban J connectivity index is 1.39. The Kier molecular flexibility index (Phi) is 4.91. The van der Waals surface area contributed by atoms with E-state index in [0.29, 0.717) is 17.2 Å². The molecule has 5 nitrogen and oxygen atoms in total. The Morgan fingerprint density at radius 3 is 2.62 bits per heavy atom. The molecule has 1 N–H and O–H groups in total. The van der Waals surface area contributed by atoms with Crippen LogP contribution < -0.4 is 5.32 Å². The first-order valence-corrected chi connectivity index (χ1v) is 9.70. The van der Waals surface area contributed by atoms with Gasteiger partial charge in [-0.15, -0.1) is 0 Å². The molecule has 0 unspecified atom stereocenters. The number of piperidine rings is 3. The summed E-state index contributed by atoms with van der Waals surface area (Å²) < 4.78 is 0. The molecule has 3 fully saturated rings. The van der Waals surface area contributed by atoms with E-state index in [-0.39, 0.29) is 11.9 Å². The van der Waals surface area contributed by atoms with Crippen LogP contribution in [0.25, 0.3) is 0 Å². The smallest absolute Gasteiger partial charge is 0.251 e. The average Bonchev–Trinajstić information content (AvgIpc) is 2.69. The molecule has 1 aromatic heterocycles. The first kappa shape index (κ1) is 17.1. The number of pyridine rings is 1. The number of carbonyl (C=O) groups is 1. The Morgan fingerprint density at radius 1 is 1.19 bits per heavy atom. The zero-order chi connectivity index (χ0) is 17.9. The minimum absolute atomic E-state index is 0.0102. The van der Waals surface area contributed by atoms with E-state index in [2.05, 4.69) is 15.2 Å². The molecule has 1 amide bonds. The Bertz CT molecular complexity index is 838. The summed E-state index contributed by atoms with van der Waals surface area (Å²) in [5, 5.41) is 12.1. The minimum atomic E-state index is 0.0102. The Morgan fingerprint density at radius 2 is 1.96 bits per heavy atom. The van der Waals surface area contributed by atoms with E-state index in [9.17, 15) is 4.79 Å². The lowest BCUT2D eigenvalue weighted by atomic mass is 9.84. The highest BCUT2D eigenvalue weighted by atomic mass is 32.2. The lowest BCUT2D eigenvalue weighted by Gasteiger charge is -2.44. The second-order valence-electron chi connectivity index (χ2n) is 6.83. The van der Waals surface area contributed by atoms with Crippen molar-refractivity contribution in [3.63, 3.8) is 0 Å². The van der Waals surface area contributed by atoms with E-state index in [0.717, 1.165) is 16.3 Å². The molecule has 26 heavy (non-hydrogen) atoms. The van der Waals surface area contributed by atoms with Crippen LogP contribution in [-0.2, 0) is 0 Å². The predicted molar refractivity (Wildman–Crippen MR) is 99.9 cm³/mol. The molecule has 0 spiro atoms. The number of aromatic nitrogens is 1. The van der Waals surface area contributed by atoms with Crippen LogP contribution >= 0.6 is 11.8 Å². The third-order valence-corrected chi connectivity index (χ3v) is 6.17. The highest BCUT2D eigenvalue weighted by molar-refractivity contribution is 7.99. The summed E-state index contributed by atoms with van der Waals surface area (Å²) in [5.41, 5.74) is 1.10. The van der Waals surface area contributed by atoms with Crippen molar-refractivity contribution in [2.24, 2.45) is 5.92 Å². The highest BCUT2D eigenvalue weighted by Crippen LogP contribution is 2.29. The van der Waals surface area contributed by atoms with E-state index in [1.54, 1.807) is 24.0 Å². The van der Waals surface area contributed by atoms with E-state index in [1.165, 1.54) is 25.9 Å². The van der Waals surface area contributed by atoms with Crippen LogP contribution in [-0.4, -0.2) is 41.5 Å². The first-order chi connectivity index (χ1) is 12.7. The third kappa shape index (κ3) is 3.74. The number of amides is 1. The maximum absolute atomic E-state index is 12.6. The van der Waals surface area contributed by atoms with Gasteiger partial charge >= 0.3 is 0 Å². The average molecular weight is 364 g/mol. The normalized spacial score (nSPS) is 24.0. The second-order valence-corrected chi connectivity index (χ2v) is 7.98. The lowest BCUT2D eigenvalue weighted by molar-refractivity contribution is 0.0620. The lowest BCUT2D eigenvalue weighted by Crippen LogP contribution is -2.57. The van der Waals surface area contributed by atoms with E-state index < -0.39 is 0 Å². The quantitative estimate of drug-likeness (QED) is 0.903. The summed E-state index contributed by atoms with van der Waals surface area (Å²) in [6, 6.07) is 13.6. The van der Waals surface area contributed by atoms with Gasteiger partial charge in [0.05, 0.1) is 0 Å².